The lowest BCUT2D eigenvalue weighted by Crippen LogP contribution is -2.25. The molecular weight excluding hydrogens is 346 g/mol. The van der Waals surface area contributed by atoms with Crippen LogP contribution in [0.4, 0.5) is 0 Å². The van der Waals surface area contributed by atoms with Crippen LogP contribution in [0.1, 0.15) is 67.4 Å². The molecule has 1 N–H and O–H groups in total. The Morgan fingerprint density at radius 3 is 2.30 bits per heavy atom. The van der Waals surface area contributed by atoms with Crippen LogP contribution in [0, 0.1) is 27.7 Å². The Balaban J connectivity index is 2.20. The molecule has 0 spiro atoms. The highest BCUT2D eigenvalue weighted by molar-refractivity contribution is 6.03. The number of nitrogens with one attached hydrogen (secondary N) is 1. The summed E-state index contributed by atoms with van der Waals surface area (Å²) in [6.45, 7) is 10.7. The van der Waals surface area contributed by atoms with E-state index in [0.717, 1.165) is 11.1 Å². The van der Waals surface area contributed by atoms with Gasteiger partial charge in [-0.1, -0.05) is 12.1 Å². The number of hydrogen-bond donors (Lipinski definition) is 1. The Labute approximate surface area is 158 Å². The molecule has 2 aromatic rings. The number of aromatic nitrogens is 1. The molecule has 0 aliphatic rings. The molecule has 1 aromatic heterocycles. The molecule has 1 aromatic carbocycles. The van der Waals surface area contributed by atoms with Gasteiger partial charge in [-0.05, 0) is 64.3 Å². The first-order chi connectivity index (χ1) is 12.7. The smallest absolute Gasteiger partial charge is 0.355 e. The van der Waals surface area contributed by atoms with Gasteiger partial charge in [-0.3, -0.25) is 4.79 Å². The average molecular weight is 371 g/mol. The molecule has 144 valence electrons. The number of benzene rings is 1. The van der Waals surface area contributed by atoms with Crippen molar-refractivity contribution in [1.82, 2.24) is 4.98 Å². The lowest BCUT2D eigenvalue weighted by atomic mass is 10.0. The summed E-state index contributed by atoms with van der Waals surface area (Å²) >= 11 is 0. The summed E-state index contributed by atoms with van der Waals surface area (Å²) in [6, 6.07) is 5.37. The number of aromatic amines is 1. The first-order valence-corrected chi connectivity index (χ1v) is 8.86. The first kappa shape index (κ1) is 20.4. The molecule has 0 unspecified atom stereocenters. The molecule has 0 radical (unpaired) electrons. The monoisotopic (exact) mass is 371 g/mol. The van der Waals surface area contributed by atoms with E-state index in [-0.39, 0.29) is 23.6 Å². The van der Waals surface area contributed by atoms with Crippen LogP contribution in [0.2, 0.25) is 0 Å². The van der Waals surface area contributed by atoms with Gasteiger partial charge in [0.15, 0.2) is 6.10 Å². The van der Waals surface area contributed by atoms with Gasteiger partial charge in [-0.2, -0.15) is 0 Å². The van der Waals surface area contributed by atoms with E-state index in [1.807, 2.05) is 19.9 Å². The van der Waals surface area contributed by atoms with Gasteiger partial charge in [0.25, 0.3) is 0 Å². The molecule has 1 atom stereocenters. The van der Waals surface area contributed by atoms with Crippen molar-refractivity contribution >= 4 is 17.7 Å². The standard InChI is InChI=1S/C21H25NO5/c1-7-26-21(25)18-13(4)17(14(5)22-18)20(24)27-15(6)19(23)16-9-8-11(2)12(3)10-16/h8-10,15,22H,7H2,1-6H3/t15-/m0/s1. The molecule has 0 aliphatic carbocycles. The van der Waals surface area contributed by atoms with Crippen LogP contribution in [-0.4, -0.2) is 35.4 Å². The fraction of sp³-hybridized carbons (Fsp3) is 0.381. The van der Waals surface area contributed by atoms with Crippen molar-refractivity contribution < 1.29 is 23.9 Å². The maximum Gasteiger partial charge on any atom is 0.355 e. The predicted molar refractivity (Wildman–Crippen MR) is 101 cm³/mol. The van der Waals surface area contributed by atoms with Crippen LogP contribution in [0.25, 0.3) is 0 Å². The van der Waals surface area contributed by atoms with E-state index < -0.39 is 18.0 Å². The third kappa shape index (κ3) is 4.27. The first-order valence-electron chi connectivity index (χ1n) is 8.86. The van der Waals surface area contributed by atoms with E-state index in [1.165, 1.54) is 0 Å². The van der Waals surface area contributed by atoms with Gasteiger partial charge in [-0.25, -0.2) is 9.59 Å². The van der Waals surface area contributed by atoms with Crippen molar-refractivity contribution in [3.8, 4) is 0 Å². The van der Waals surface area contributed by atoms with Crippen molar-refractivity contribution in [2.45, 2.75) is 47.6 Å². The van der Waals surface area contributed by atoms with Gasteiger partial charge in [-0.15, -0.1) is 0 Å². The molecule has 0 aliphatic heterocycles. The number of rotatable bonds is 6. The highest BCUT2D eigenvalue weighted by Crippen LogP contribution is 2.21. The number of aryl methyl sites for hydroxylation is 3. The molecule has 0 amide bonds. The van der Waals surface area contributed by atoms with Gasteiger partial charge >= 0.3 is 11.9 Å². The maximum absolute atomic E-state index is 12.6. The van der Waals surface area contributed by atoms with E-state index in [0.29, 0.717) is 16.8 Å². The van der Waals surface area contributed by atoms with Crippen LogP contribution in [0.5, 0.6) is 0 Å². The number of carbonyl (C=O) groups is 3. The van der Waals surface area contributed by atoms with E-state index in [2.05, 4.69) is 4.98 Å². The molecular formula is C21H25NO5. The lowest BCUT2D eigenvalue weighted by molar-refractivity contribution is 0.0317. The van der Waals surface area contributed by atoms with E-state index in [4.69, 9.17) is 9.47 Å². The van der Waals surface area contributed by atoms with E-state index >= 15 is 0 Å². The van der Waals surface area contributed by atoms with Crippen LogP contribution in [0.3, 0.4) is 0 Å². The maximum atomic E-state index is 12.6. The van der Waals surface area contributed by atoms with Gasteiger partial charge < -0.3 is 14.5 Å². The van der Waals surface area contributed by atoms with Crippen molar-refractivity contribution in [3.05, 3.63) is 57.4 Å². The van der Waals surface area contributed by atoms with Gasteiger partial charge in [0.05, 0.1) is 12.2 Å². The summed E-state index contributed by atoms with van der Waals surface area (Å²) < 4.78 is 10.4. The number of esters is 2. The van der Waals surface area contributed by atoms with Crippen LogP contribution >= 0.6 is 0 Å². The number of H-pyrrole nitrogens is 1. The molecule has 6 heteroatoms. The average Bonchev–Trinajstić information content (AvgIpc) is 2.91. The summed E-state index contributed by atoms with van der Waals surface area (Å²) in [5.41, 5.74) is 3.98. The molecule has 0 fully saturated rings. The van der Waals surface area contributed by atoms with Crippen molar-refractivity contribution in [2.75, 3.05) is 6.61 Å². The van der Waals surface area contributed by atoms with Gasteiger partial charge in [0.2, 0.25) is 5.78 Å². The van der Waals surface area contributed by atoms with Crippen molar-refractivity contribution in [3.63, 3.8) is 0 Å². The Morgan fingerprint density at radius 1 is 1.04 bits per heavy atom. The Bertz CT molecular complexity index is 894. The van der Waals surface area contributed by atoms with Crippen molar-refractivity contribution in [2.24, 2.45) is 0 Å². The zero-order valence-corrected chi connectivity index (χ0v) is 16.6. The highest BCUT2D eigenvalue weighted by Gasteiger charge is 2.27. The molecule has 1 heterocycles. The fourth-order valence-corrected chi connectivity index (χ4v) is 2.87. The second-order valence-corrected chi connectivity index (χ2v) is 6.56. The molecule has 0 saturated heterocycles. The topological polar surface area (TPSA) is 85.5 Å². The number of carbonyl (C=O) groups excluding carboxylic acids is 3. The second kappa shape index (κ2) is 8.20. The minimum absolute atomic E-state index is 0.217. The molecule has 0 bridgehead atoms. The predicted octanol–water partition coefficient (Wildman–Crippen LogP) is 3.85. The van der Waals surface area contributed by atoms with Gasteiger partial charge in [0, 0.05) is 11.3 Å². The quantitative estimate of drug-likeness (QED) is 0.616. The summed E-state index contributed by atoms with van der Waals surface area (Å²) in [6.07, 6.45) is -0.945. The zero-order valence-electron chi connectivity index (χ0n) is 16.6. The Hall–Kier alpha value is -2.89. The van der Waals surface area contributed by atoms with Crippen LogP contribution < -0.4 is 0 Å². The summed E-state index contributed by atoms with van der Waals surface area (Å²) in [4.78, 5) is 40.0. The molecule has 2 rings (SSSR count). The fourth-order valence-electron chi connectivity index (χ4n) is 2.87. The number of hydrogen-bond acceptors (Lipinski definition) is 5. The molecule has 27 heavy (non-hydrogen) atoms. The largest absolute Gasteiger partial charge is 0.461 e. The van der Waals surface area contributed by atoms with Gasteiger partial charge in [0.1, 0.15) is 5.69 Å². The second-order valence-electron chi connectivity index (χ2n) is 6.56. The third-order valence-corrected chi connectivity index (χ3v) is 4.57. The molecule has 0 saturated carbocycles. The van der Waals surface area contributed by atoms with E-state index in [1.54, 1.807) is 39.8 Å². The lowest BCUT2D eigenvalue weighted by Gasteiger charge is -2.13. The normalized spacial score (nSPS) is 11.8. The zero-order chi connectivity index (χ0) is 20.3. The minimum atomic E-state index is -0.945. The summed E-state index contributed by atoms with van der Waals surface area (Å²) in [5, 5.41) is 0. The van der Waals surface area contributed by atoms with Crippen LogP contribution in [0.15, 0.2) is 18.2 Å². The number of Topliss-reactive ketones (excluding diaryl/α,β-unsaturated/α-hetero) is 1. The molecule has 6 nitrogen and oxygen atoms in total. The minimum Gasteiger partial charge on any atom is -0.461 e. The summed E-state index contributed by atoms with van der Waals surface area (Å²) in [7, 11) is 0. The van der Waals surface area contributed by atoms with E-state index in [9.17, 15) is 14.4 Å². The Morgan fingerprint density at radius 2 is 1.70 bits per heavy atom. The number of ketones is 1. The van der Waals surface area contributed by atoms with Crippen LogP contribution in [-0.2, 0) is 9.47 Å². The Kier molecular flexibility index (Phi) is 6.20. The third-order valence-electron chi connectivity index (χ3n) is 4.57. The number of ether oxygens (including phenoxy) is 2. The SMILES string of the molecule is CCOC(=O)c1[nH]c(C)c(C(=O)O[C@@H](C)C(=O)c2ccc(C)c(C)c2)c1C. The van der Waals surface area contributed by atoms with Crippen molar-refractivity contribution in [1.29, 1.82) is 0 Å². The summed E-state index contributed by atoms with van der Waals surface area (Å²) in [5.74, 6) is -1.46. The highest BCUT2D eigenvalue weighted by atomic mass is 16.5.